The van der Waals surface area contributed by atoms with Crippen LogP contribution in [0.3, 0.4) is 0 Å². The highest BCUT2D eigenvalue weighted by atomic mass is 15.0. The third-order valence-electron chi connectivity index (χ3n) is 3.51. The van der Waals surface area contributed by atoms with E-state index >= 15 is 0 Å². The molecule has 0 aliphatic carbocycles. The van der Waals surface area contributed by atoms with E-state index in [4.69, 9.17) is 5.73 Å². The second-order valence-electron chi connectivity index (χ2n) is 5.34. The second-order valence-corrected chi connectivity index (χ2v) is 5.34. The van der Waals surface area contributed by atoms with Gasteiger partial charge < -0.3 is 10.3 Å². The second kappa shape index (κ2) is 5.97. The first-order valence-electron chi connectivity index (χ1n) is 6.73. The van der Waals surface area contributed by atoms with Crippen LogP contribution in [0.5, 0.6) is 0 Å². The summed E-state index contributed by atoms with van der Waals surface area (Å²) in [5.41, 5.74) is 9.32. The molecule has 4 nitrogen and oxygen atoms in total. The summed E-state index contributed by atoms with van der Waals surface area (Å²) in [6.07, 6.45) is 5.73. The van der Waals surface area contributed by atoms with Crippen LogP contribution in [0.4, 0.5) is 0 Å². The standard InChI is InChI=1S/C15H22N4/c1-11(2)14(6-16)15-8-17-10-19(15)9-13-5-4-12(3)18-7-13/h4-5,7-8,10-11,14H,6,9,16H2,1-3H3. The van der Waals surface area contributed by atoms with Gasteiger partial charge in [0.1, 0.15) is 0 Å². The van der Waals surface area contributed by atoms with E-state index in [0.29, 0.717) is 18.4 Å². The van der Waals surface area contributed by atoms with Crippen molar-refractivity contribution in [1.82, 2.24) is 14.5 Å². The van der Waals surface area contributed by atoms with Crippen molar-refractivity contribution in [2.75, 3.05) is 6.54 Å². The Kier molecular flexibility index (Phi) is 4.32. The van der Waals surface area contributed by atoms with Gasteiger partial charge in [0.25, 0.3) is 0 Å². The number of aryl methyl sites for hydroxylation is 1. The lowest BCUT2D eigenvalue weighted by atomic mass is 9.93. The third-order valence-corrected chi connectivity index (χ3v) is 3.51. The molecule has 0 aliphatic heterocycles. The van der Waals surface area contributed by atoms with Crippen molar-refractivity contribution >= 4 is 0 Å². The van der Waals surface area contributed by atoms with Crippen LogP contribution in [0.1, 0.15) is 36.7 Å². The summed E-state index contributed by atoms with van der Waals surface area (Å²) >= 11 is 0. The van der Waals surface area contributed by atoms with Crippen molar-refractivity contribution in [1.29, 1.82) is 0 Å². The van der Waals surface area contributed by atoms with Gasteiger partial charge in [-0.3, -0.25) is 4.98 Å². The van der Waals surface area contributed by atoms with Gasteiger partial charge in [0.2, 0.25) is 0 Å². The molecule has 1 atom stereocenters. The van der Waals surface area contributed by atoms with Gasteiger partial charge in [-0.05, 0) is 24.5 Å². The van der Waals surface area contributed by atoms with Crippen LogP contribution in [0.2, 0.25) is 0 Å². The first kappa shape index (κ1) is 13.7. The van der Waals surface area contributed by atoms with Crippen LogP contribution in [0, 0.1) is 12.8 Å². The van der Waals surface area contributed by atoms with Crippen LogP contribution < -0.4 is 5.73 Å². The molecule has 0 saturated carbocycles. The van der Waals surface area contributed by atoms with E-state index in [1.807, 2.05) is 31.7 Å². The molecular weight excluding hydrogens is 236 g/mol. The van der Waals surface area contributed by atoms with Crippen molar-refractivity contribution in [3.8, 4) is 0 Å². The summed E-state index contributed by atoms with van der Waals surface area (Å²) in [7, 11) is 0. The number of rotatable bonds is 5. The summed E-state index contributed by atoms with van der Waals surface area (Å²) < 4.78 is 2.17. The van der Waals surface area contributed by atoms with Gasteiger partial charge in [-0.15, -0.1) is 0 Å². The van der Waals surface area contributed by atoms with Crippen LogP contribution >= 0.6 is 0 Å². The maximum absolute atomic E-state index is 5.89. The van der Waals surface area contributed by atoms with Crippen molar-refractivity contribution in [2.24, 2.45) is 11.7 Å². The smallest absolute Gasteiger partial charge is 0.0951 e. The maximum Gasteiger partial charge on any atom is 0.0951 e. The molecule has 0 amide bonds. The lowest BCUT2D eigenvalue weighted by molar-refractivity contribution is 0.478. The largest absolute Gasteiger partial charge is 0.330 e. The molecule has 2 aromatic rings. The summed E-state index contributed by atoms with van der Waals surface area (Å²) in [6, 6.07) is 4.15. The molecule has 19 heavy (non-hydrogen) atoms. The molecule has 0 aliphatic rings. The van der Waals surface area contributed by atoms with Gasteiger partial charge in [0.15, 0.2) is 0 Å². The number of imidazole rings is 1. The van der Waals surface area contributed by atoms with Gasteiger partial charge in [-0.2, -0.15) is 0 Å². The highest BCUT2D eigenvalue weighted by Gasteiger charge is 2.18. The lowest BCUT2D eigenvalue weighted by Gasteiger charge is -2.20. The molecule has 1 unspecified atom stereocenters. The number of nitrogens with two attached hydrogens (primary N) is 1. The highest BCUT2D eigenvalue weighted by molar-refractivity contribution is 5.16. The van der Waals surface area contributed by atoms with E-state index in [2.05, 4.69) is 34.4 Å². The van der Waals surface area contributed by atoms with Crippen molar-refractivity contribution < 1.29 is 0 Å². The van der Waals surface area contributed by atoms with Gasteiger partial charge in [-0.1, -0.05) is 19.9 Å². The zero-order chi connectivity index (χ0) is 13.8. The number of aromatic nitrogens is 3. The number of nitrogens with zero attached hydrogens (tertiary/aromatic N) is 3. The summed E-state index contributed by atoms with van der Waals surface area (Å²) in [5, 5.41) is 0. The van der Waals surface area contributed by atoms with Crippen molar-refractivity contribution in [3.63, 3.8) is 0 Å². The monoisotopic (exact) mass is 258 g/mol. The van der Waals surface area contributed by atoms with Crippen molar-refractivity contribution in [3.05, 3.63) is 47.8 Å². The molecule has 0 saturated heterocycles. The Morgan fingerprint density at radius 1 is 1.26 bits per heavy atom. The summed E-state index contributed by atoms with van der Waals surface area (Å²) in [6.45, 7) is 7.83. The van der Waals surface area contributed by atoms with Gasteiger partial charge in [0.05, 0.1) is 12.9 Å². The van der Waals surface area contributed by atoms with Gasteiger partial charge in [0, 0.05) is 36.2 Å². The third kappa shape index (κ3) is 3.20. The molecule has 2 heterocycles. The zero-order valence-corrected chi connectivity index (χ0v) is 11.9. The minimum atomic E-state index is 0.348. The molecule has 0 aromatic carbocycles. The molecule has 2 N–H and O–H groups in total. The minimum Gasteiger partial charge on any atom is -0.330 e. The molecule has 2 aromatic heterocycles. The van der Waals surface area contributed by atoms with Crippen molar-refractivity contribution in [2.45, 2.75) is 33.2 Å². The van der Waals surface area contributed by atoms with Crippen LogP contribution in [0.15, 0.2) is 30.9 Å². The Morgan fingerprint density at radius 3 is 2.63 bits per heavy atom. The Labute approximate surface area is 114 Å². The molecule has 0 fully saturated rings. The summed E-state index contributed by atoms with van der Waals surface area (Å²) in [4.78, 5) is 8.61. The molecule has 0 spiro atoms. The normalized spacial score (nSPS) is 12.9. The topological polar surface area (TPSA) is 56.7 Å². The lowest BCUT2D eigenvalue weighted by Crippen LogP contribution is -2.21. The van der Waals surface area contributed by atoms with E-state index in [9.17, 15) is 0 Å². The Hall–Kier alpha value is -1.68. The molecule has 0 bridgehead atoms. The van der Waals surface area contributed by atoms with Crippen LogP contribution in [-0.2, 0) is 6.54 Å². The van der Waals surface area contributed by atoms with Crippen LogP contribution in [0.25, 0.3) is 0 Å². The van der Waals surface area contributed by atoms with E-state index < -0.39 is 0 Å². The fourth-order valence-corrected chi connectivity index (χ4v) is 2.29. The maximum atomic E-state index is 5.89. The molecule has 0 radical (unpaired) electrons. The first-order chi connectivity index (χ1) is 9.11. The average molecular weight is 258 g/mol. The molecule has 4 heteroatoms. The Balaban J connectivity index is 2.22. The molecule has 102 valence electrons. The van der Waals surface area contributed by atoms with Gasteiger partial charge in [-0.25, -0.2) is 4.98 Å². The Bertz CT molecular complexity index is 513. The highest BCUT2D eigenvalue weighted by Crippen LogP contribution is 2.23. The molecule has 2 rings (SSSR count). The van der Waals surface area contributed by atoms with Crippen LogP contribution in [-0.4, -0.2) is 21.1 Å². The predicted octanol–water partition coefficient (Wildman–Crippen LogP) is 2.33. The van der Waals surface area contributed by atoms with E-state index in [0.717, 1.165) is 12.2 Å². The average Bonchev–Trinajstić information content (AvgIpc) is 2.81. The van der Waals surface area contributed by atoms with E-state index in [-0.39, 0.29) is 0 Å². The summed E-state index contributed by atoms with van der Waals surface area (Å²) in [5.74, 6) is 0.859. The zero-order valence-electron chi connectivity index (χ0n) is 11.9. The number of pyridine rings is 1. The Morgan fingerprint density at radius 2 is 2.05 bits per heavy atom. The van der Waals surface area contributed by atoms with Gasteiger partial charge >= 0.3 is 0 Å². The number of hydrogen-bond acceptors (Lipinski definition) is 3. The predicted molar refractivity (Wildman–Crippen MR) is 76.9 cm³/mol. The minimum absolute atomic E-state index is 0.348. The fourth-order valence-electron chi connectivity index (χ4n) is 2.29. The van der Waals surface area contributed by atoms with E-state index in [1.165, 1.54) is 11.3 Å². The fraction of sp³-hybridized carbons (Fsp3) is 0.467. The van der Waals surface area contributed by atoms with E-state index in [1.54, 1.807) is 0 Å². The number of hydrogen-bond donors (Lipinski definition) is 1. The first-order valence-corrected chi connectivity index (χ1v) is 6.73. The quantitative estimate of drug-likeness (QED) is 0.895. The SMILES string of the molecule is Cc1ccc(Cn2cncc2C(CN)C(C)C)cn1. The molecular formula is C15H22N4.